The van der Waals surface area contributed by atoms with Gasteiger partial charge in [-0.2, -0.15) is 0 Å². The number of fused-ring (bicyclic) bond motifs is 1. The topological polar surface area (TPSA) is 64.3 Å². The Morgan fingerprint density at radius 1 is 1.50 bits per heavy atom. The Morgan fingerprint density at radius 3 is 3.09 bits per heavy atom. The number of aromatic amines is 1. The highest BCUT2D eigenvalue weighted by atomic mass is 16.2. The molecular formula is C16H21N5O. The number of imidazole rings is 1. The monoisotopic (exact) mass is 299 g/mol. The average Bonchev–Trinajstić information content (AvgIpc) is 3.06. The summed E-state index contributed by atoms with van der Waals surface area (Å²) in [6.45, 7) is 1.79. The SMILES string of the molecule is CNC(=O)N(C)c1ccc2c(c1)N(Cc1c[nH]cn1)CCC2. The molecule has 1 aliphatic rings. The first kappa shape index (κ1) is 14.4. The van der Waals surface area contributed by atoms with Gasteiger partial charge in [0.25, 0.3) is 0 Å². The molecule has 2 amide bonds. The normalized spacial score (nSPS) is 13.6. The summed E-state index contributed by atoms with van der Waals surface area (Å²) in [7, 11) is 3.42. The quantitative estimate of drug-likeness (QED) is 0.912. The summed E-state index contributed by atoms with van der Waals surface area (Å²) in [5.41, 5.74) is 4.45. The van der Waals surface area contributed by atoms with Crippen molar-refractivity contribution in [3.05, 3.63) is 42.0 Å². The molecular weight excluding hydrogens is 278 g/mol. The highest BCUT2D eigenvalue weighted by Crippen LogP contribution is 2.32. The molecule has 0 unspecified atom stereocenters. The lowest BCUT2D eigenvalue weighted by Gasteiger charge is -2.32. The number of benzene rings is 1. The summed E-state index contributed by atoms with van der Waals surface area (Å²) in [5.74, 6) is 0. The molecule has 6 heteroatoms. The van der Waals surface area contributed by atoms with E-state index >= 15 is 0 Å². The van der Waals surface area contributed by atoms with E-state index in [0.717, 1.165) is 37.3 Å². The Hall–Kier alpha value is -2.50. The first-order valence-electron chi connectivity index (χ1n) is 7.50. The minimum Gasteiger partial charge on any atom is -0.365 e. The number of carbonyl (C=O) groups is 1. The second-order valence-electron chi connectivity index (χ2n) is 5.51. The molecule has 3 rings (SSSR count). The fourth-order valence-corrected chi connectivity index (χ4v) is 2.87. The number of urea groups is 1. The highest BCUT2D eigenvalue weighted by Gasteiger charge is 2.19. The van der Waals surface area contributed by atoms with Gasteiger partial charge in [-0.1, -0.05) is 6.07 Å². The van der Waals surface area contributed by atoms with Crippen molar-refractivity contribution >= 4 is 17.4 Å². The van der Waals surface area contributed by atoms with E-state index in [-0.39, 0.29) is 6.03 Å². The number of rotatable bonds is 3. The number of hydrogen-bond donors (Lipinski definition) is 2. The Balaban J connectivity index is 1.89. The Morgan fingerprint density at radius 2 is 2.36 bits per heavy atom. The smallest absolute Gasteiger partial charge is 0.321 e. The lowest BCUT2D eigenvalue weighted by Crippen LogP contribution is -2.35. The number of hydrogen-bond acceptors (Lipinski definition) is 3. The fraction of sp³-hybridized carbons (Fsp3) is 0.375. The first-order valence-corrected chi connectivity index (χ1v) is 7.50. The van der Waals surface area contributed by atoms with E-state index in [0.29, 0.717) is 0 Å². The number of amides is 2. The van der Waals surface area contributed by atoms with Gasteiger partial charge in [0.15, 0.2) is 0 Å². The predicted molar refractivity (Wildman–Crippen MR) is 87.3 cm³/mol. The highest BCUT2D eigenvalue weighted by molar-refractivity contribution is 5.92. The summed E-state index contributed by atoms with van der Waals surface area (Å²) < 4.78 is 0. The molecule has 0 atom stereocenters. The molecule has 22 heavy (non-hydrogen) atoms. The zero-order valence-electron chi connectivity index (χ0n) is 13.0. The molecule has 1 aromatic heterocycles. The van der Waals surface area contributed by atoms with Crippen LogP contribution in [0.4, 0.5) is 16.2 Å². The summed E-state index contributed by atoms with van der Waals surface area (Å²) in [6, 6.07) is 6.11. The largest absolute Gasteiger partial charge is 0.365 e. The van der Waals surface area contributed by atoms with Gasteiger partial charge in [0.1, 0.15) is 0 Å². The zero-order valence-corrected chi connectivity index (χ0v) is 13.0. The van der Waals surface area contributed by atoms with Crippen molar-refractivity contribution in [3.63, 3.8) is 0 Å². The molecule has 0 bridgehead atoms. The van der Waals surface area contributed by atoms with Crippen molar-refractivity contribution in [3.8, 4) is 0 Å². The van der Waals surface area contributed by atoms with Gasteiger partial charge in [0, 0.05) is 38.2 Å². The van der Waals surface area contributed by atoms with Crippen molar-refractivity contribution < 1.29 is 4.79 Å². The van der Waals surface area contributed by atoms with Gasteiger partial charge in [-0.25, -0.2) is 9.78 Å². The number of carbonyl (C=O) groups excluding carboxylic acids is 1. The number of aromatic nitrogens is 2. The van der Waals surface area contributed by atoms with E-state index in [1.807, 2.05) is 12.3 Å². The third-order valence-corrected chi connectivity index (χ3v) is 4.10. The van der Waals surface area contributed by atoms with Gasteiger partial charge in [-0.15, -0.1) is 0 Å². The summed E-state index contributed by atoms with van der Waals surface area (Å²) >= 11 is 0. The van der Waals surface area contributed by atoms with Crippen molar-refractivity contribution in [1.29, 1.82) is 0 Å². The van der Waals surface area contributed by atoms with Gasteiger partial charge in [-0.05, 0) is 30.5 Å². The lowest BCUT2D eigenvalue weighted by atomic mass is 10.0. The minimum absolute atomic E-state index is 0.116. The third kappa shape index (κ3) is 2.77. The molecule has 6 nitrogen and oxygen atoms in total. The van der Waals surface area contributed by atoms with Gasteiger partial charge in [0.2, 0.25) is 0 Å². The number of H-pyrrole nitrogens is 1. The van der Waals surface area contributed by atoms with Gasteiger partial charge in [0.05, 0.1) is 18.6 Å². The number of nitrogens with one attached hydrogen (secondary N) is 2. The number of aryl methyl sites for hydroxylation is 1. The van der Waals surface area contributed by atoms with E-state index in [2.05, 4.69) is 32.3 Å². The van der Waals surface area contributed by atoms with Crippen LogP contribution < -0.4 is 15.1 Å². The fourth-order valence-electron chi connectivity index (χ4n) is 2.87. The molecule has 0 spiro atoms. The lowest BCUT2D eigenvalue weighted by molar-refractivity contribution is 0.249. The second kappa shape index (κ2) is 6.09. The van der Waals surface area contributed by atoms with Crippen LogP contribution in [0.1, 0.15) is 17.7 Å². The van der Waals surface area contributed by atoms with Crippen LogP contribution in [-0.4, -0.2) is 36.6 Å². The van der Waals surface area contributed by atoms with Crippen LogP contribution in [-0.2, 0) is 13.0 Å². The van der Waals surface area contributed by atoms with Crippen LogP contribution in [0.15, 0.2) is 30.7 Å². The van der Waals surface area contributed by atoms with Crippen LogP contribution in [0, 0.1) is 0 Å². The van der Waals surface area contributed by atoms with Crippen molar-refractivity contribution in [1.82, 2.24) is 15.3 Å². The van der Waals surface area contributed by atoms with Crippen LogP contribution in [0.2, 0.25) is 0 Å². The second-order valence-corrected chi connectivity index (χ2v) is 5.51. The predicted octanol–water partition coefficient (Wildman–Crippen LogP) is 2.14. The van der Waals surface area contributed by atoms with Crippen LogP contribution >= 0.6 is 0 Å². The maximum absolute atomic E-state index is 11.8. The van der Waals surface area contributed by atoms with E-state index in [4.69, 9.17) is 0 Å². The molecule has 0 radical (unpaired) electrons. The Labute approximate surface area is 130 Å². The van der Waals surface area contributed by atoms with Crippen molar-refractivity contribution in [2.75, 3.05) is 30.4 Å². The van der Waals surface area contributed by atoms with Crippen molar-refractivity contribution in [2.24, 2.45) is 0 Å². The third-order valence-electron chi connectivity index (χ3n) is 4.10. The number of nitrogens with zero attached hydrogens (tertiary/aromatic N) is 3. The molecule has 0 fully saturated rings. The molecule has 0 aliphatic carbocycles. The summed E-state index contributed by atoms with van der Waals surface area (Å²) in [6.07, 6.45) is 5.85. The molecule has 2 heterocycles. The summed E-state index contributed by atoms with van der Waals surface area (Å²) in [4.78, 5) is 23.1. The molecule has 116 valence electrons. The van der Waals surface area contributed by atoms with E-state index in [1.165, 1.54) is 11.3 Å². The number of anilines is 2. The van der Waals surface area contributed by atoms with Crippen LogP contribution in [0.3, 0.4) is 0 Å². The standard InChI is InChI=1S/C16H21N5O/c1-17-16(22)20(2)14-6-5-12-4-3-7-21(15(12)8-14)10-13-9-18-11-19-13/h5-6,8-9,11H,3-4,7,10H2,1-2H3,(H,17,22)(H,18,19). The summed E-state index contributed by atoms with van der Waals surface area (Å²) in [5, 5.41) is 2.65. The first-order chi connectivity index (χ1) is 10.7. The maximum Gasteiger partial charge on any atom is 0.321 e. The molecule has 2 N–H and O–H groups in total. The Bertz CT molecular complexity index is 653. The Kier molecular flexibility index (Phi) is 4.00. The zero-order chi connectivity index (χ0) is 15.5. The van der Waals surface area contributed by atoms with Crippen LogP contribution in [0.5, 0.6) is 0 Å². The average molecular weight is 299 g/mol. The van der Waals surface area contributed by atoms with Gasteiger partial charge in [-0.3, -0.25) is 4.90 Å². The van der Waals surface area contributed by atoms with E-state index < -0.39 is 0 Å². The van der Waals surface area contributed by atoms with Crippen molar-refractivity contribution in [2.45, 2.75) is 19.4 Å². The molecule has 0 saturated carbocycles. The van der Waals surface area contributed by atoms with E-state index in [1.54, 1.807) is 25.3 Å². The molecule has 1 aromatic carbocycles. The molecule has 0 saturated heterocycles. The molecule has 1 aliphatic heterocycles. The van der Waals surface area contributed by atoms with Gasteiger partial charge >= 0.3 is 6.03 Å². The minimum atomic E-state index is -0.116. The van der Waals surface area contributed by atoms with E-state index in [9.17, 15) is 4.79 Å². The molecule has 2 aromatic rings. The van der Waals surface area contributed by atoms with Gasteiger partial charge < -0.3 is 15.2 Å². The van der Waals surface area contributed by atoms with Crippen LogP contribution in [0.25, 0.3) is 0 Å². The maximum atomic E-state index is 11.8.